The van der Waals surface area contributed by atoms with Gasteiger partial charge in [-0.05, 0) is 38.3 Å². The van der Waals surface area contributed by atoms with Crippen molar-refractivity contribution in [2.24, 2.45) is 5.92 Å². The highest BCUT2D eigenvalue weighted by molar-refractivity contribution is 4.87. The van der Waals surface area contributed by atoms with E-state index in [-0.39, 0.29) is 0 Å². The van der Waals surface area contributed by atoms with Crippen LogP contribution in [0.4, 0.5) is 0 Å². The summed E-state index contributed by atoms with van der Waals surface area (Å²) in [6.45, 7) is 6.81. The molecule has 98 valence electrons. The van der Waals surface area contributed by atoms with Gasteiger partial charge in [0, 0.05) is 25.7 Å². The standard InChI is InChI=1S/C15H28N2/c1-2-5-14(6-3-1)8-10-16-11-12-17-9-4-7-15(17)13-16/h14-15H,1-13H2. The fourth-order valence-electron chi connectivity index (χ4n) is 4.10. The normalized spacial score (nSPS) is 32.8. The van der Waals surface area contributed by atoms with E-state index >= 15 is 0 Å². The van der Waals surface area contributed by atoms with Crippen molar-refractivity contribution in [1.82, 2.24) is 9.80 Å². The smallest absolute Gasteiger partial charge is 0.0224 e. The number of piperazine rings is 1. The van der Waals surface area contributed by atoms with Crippen molar-refractivity contribution in [3.8, 4) is 0 Å². The minimum Gasteiger partial charge on any atom is -0.301 e. The van der Waals surface area contributed by atoms with Gasteiger partial charge in [0.15, 0.2) is 0 Å². The van der Waals surface area contributed by atoms with Crippen molar-refractivity contribution in [2.75, 3.05) is 32.7 Å². The van der Waals surface area contributed by atoms with Gasteiger partial charge in [0.1, 0.15) is 0 Å². The molecule has 3 rings (SSSR count). The van der Waals surface area contributed by atoms with Gasteiger partial charge in [0.25, 0.3) is 0 Å². The van der Waals surface area contributed by atoms with Crippen LogP contribution in [-0.2, 0) is 0 Å². The molecule has 1 atom stereocenters. The lowest BCUT2D eigenvalue weighted by Crippen LogP contribution is -2.50. The number of hydrogen-bond donors (Lipinski definition) is 0. The predicted octanol–water partition coefficient (Wildman–Crippen LogP) is 2.74. The van der Waals surface area contributed by atoms with Gasteiger partial charge >= 0.3 is 0 Å². The lowest BCUT2D eigenvalue weighted by Gasteiger charge is -2.38. The Morgan fingerprint density at radius 3 is 2.59 bits per heavy atom. The molecule has 0 aromatic rings. The Balaban J connectivity index is 1.40. The van der Waals surface area contributed by atoms with Gasteiger partial charge < -0.3 is 4.90 Å². The quantitative estimate of drug-likeness (QED) is 0.743. The second-order valence-corrected chi connectivity index (χ2v) is 6.43. The van der Waals surface area contributed by atoms with Crippen molar-refractivity contribution in [2.45, 2.75) is 57.4 Å². The highest BCUT2D eigenvalue weighted by atomic mass is 15.3. The van der Waals surface area contributed by atoms with Crippen LogP contribution in [0, 0.1) is 5.92 Å². The van der Waals surface area contributed by atoms with Crippen LogP contribution in [0.2, 0.25) is 0 Å². The molecule has 2 nitrogen and oxygen atoms in total. The summed E-state index contributed by atoms with van der Waals surface area (Å²) in [4.78, 5) is 5.47. The lowest BCUT2D eigenvalue weighted by atomic mass is 9.87. The number of nitrogens with zero attached hydrogens (tertiary/aromatic N) is 2. The van der Waals surface area contributed by atoms with Crippen LogP contribution in [0.1, 0.15) is 51.4 Å². The maximum atomic E-state index is 2.75. The first-order valence-corrected chi connectivity index (χ1v) is 7.88. The molecule has 0 aromatic heterocycles. The molecule has 2 saturated heterocycles. The number of hydrogen-bond acceptors (Lipinski definition) is 2. The third-order valence-electron chi connectivity index (χ3n) is 5.25. The van der Waals surface area contributed by atoms with E-state index in [4.69, 9.17) is 0 Å². The van der Waals surface area contributed by atoms with Gasteiger partial charge in [-0.1, -0.05) is 32.1 Å². The maximum absolute atomic E-state index is 2.75. The van der Waals surface area contributed by atoms with E-state index < -0.39 is 0 Å². The second-order valence-electron chi connectivity index (χ2n) is 6.43. The van der Waals surface area contributed by atoms with Gasteiger partial charge in [-0.25, -0.2) is 0 Å². The van der Waals surface area contributed by atoms with E-state index in [0.29, 0.717) is 0 Å². The molecule has 17 heavy (non-hydrogen) atoms. The topological polar surface area (TPSA) is 6.48 Å². The van der Waals surface area contributed by atoms with Crippen LogP contribution in [-0.4, -0.2) is 48.6 Å². The van der Waals surface area contributed by atoms with Crippen LogP contribution in [0.3, 0.4) is 0 Å². The third kappa shape index (κ3) is 3.03. The molecule has 3 fully saturated rings. The van der Waals surface area contributed by atoms with Gasteiger partial charge in [-0.2, -0.15) is 0 Å². The molecule has 2 aliphatic heterocycles. The first kappa shape index (κ1) is 12.0. The summed E-state index contributed by atoms with van der Waals surface area (Å²) >= 11 is 0. The zero-order valence-corrected chi connectivity index (χ0v) is 11.2. The summed E-state index contributed by atoms with van der Waals surface area (Å²) < 4.78 is 0. The highest BCUT2D eigenvalue weighted by Crippen LogP contribution is 2.27. The molecule has 1 aliphatic carbocycles. The molecule has 2 heterocycles. The molecule has 0 N–H and O–H groups in total. The van der Waals surface area contributed by atoms with E-state index in [9.17, 15) is 0 Å². The Hall–Kier alpha value is -0.0800. The summed E-state index contributed by atoms with van der Waals surface area (Å²) in [6.07, 6.45) is 11.9. The summed E-state index contributed by atoms with van der Waals surface area (Å²) in [5, 5.41) is 0. The van der Waals surface area contributed by atoms with Crippen LogP contribution in [0.5, 0.6) is 0 Å². The highest BCUT2D eigenvalue weighted by Gasteiger charge is 2.30. The summed E-state index contributed by atoms with van der Waals surface area (Å²) in [5.41, 5.74) is 0. The average Bonchev–Trinajstić information content (AvgIpc) is 2.85. The van der Waals surface area contributed by atoms with E-state index in [1.165, 1.54) is 84.1 Å². The van der Waals surface area contributed by atoms with Crippen molar-refractivity contribution in [3.63, 3.8) is 0 Å². The Morgan fingerprint density at radius 1 is 0.824 bits per heavy atom. The molecule has 0 spiro atoms. The zero-order chi connectivity index (χ0) is 11.5. The Bertz CT molecular complexity index is 235. The van der Waals surface area contributed by atoms with E-state index in [0.717, 1.165) is 12.0 Å². The first-order valence-electron chi connectivity index (χ1n) is 7.88. The fraction of sp³-hybridized carbons (Fsp3) is 1.00. The van der Waals surface area contributed by atoms with Gasteiger partial charge in [-0.15, -0.1) is 0 Å². The summed E-state index contributed by atoms with van der Waals surface area (Å²) in [7, 11) is 0. The van der Waals surface area contributed by atoms with Gasteiger partial charge in [-0.3, -0.25) is 4.90 Å². The molecule has 1 unspecified atom stereocenters. The number of rotatable bonds is 3. The second kappa shape index (κ2) is 5.71. The zero-order valence-electron chi connectivity index (χ0n) is 11.2. The molecule has 2 heteroatoms. The molecule has 3 aliphatic rings. The molecule has 0 amide bonds. The monoisotopic (exact) mass is 236 g/mol. The Labute approximate surface area is 106 Å². The van der Waals surface area contributed by atoms with E-state index in [1.807, 2.05) is 0 Å². The average molecular weight is 236 g/mol. The molecule has 0 bridgehead atoms. The van der Waals surface area contributed by atoms with Crippen LogP contribution >= 0.6 is 0 Å². The Kier molecular flexibility index (Phi) is 4.02. The first-order chi connectivity index (χ1) is 8.42. The van der Waals surface area contributed by atoms with E-state index in [2.05, 4.69) is 9.80 Å². The van der Waals surface area contributed by atoms with Crippen LogP contribution in [0.15, 0.2) is 0 Å². The van der Waals surface area contributed by atoms with E-state index in [1.54, 1.807) is 0 Å². The number of fused-ring (bicyclic) bond motifs is 1. The summed E-state index contributed by atoms with van der Waals surface area (Å²) in [6, 6.07) is 0.912. The van der Waals surface area contributed by atoms with Crippen molar-refractivity contribution < 1.29 is 0 Å². The Morgan fingerprint density at radius 2 is 1.71 bits per heavy atom. The molecule has 1 saturated carbocycles. The predicted molar refractivity (Wildman–Crippen MR) is 72.2 cm³/mol. The van der Waals surface area contributed by atoms with Crippen LogP contribution in [0.25, 0.3) is 0 Å². The van der Waals surface area contributed by atoms with Gasteiger partial charge in [0.05, 0.1) is 0 Å². The van der Waals surface area contributed by atoms with Crippen molar-refractivity contribution in [3.05, 3.63) is 0 Å². The molecular formula is C15H28N2. The van der Waals surface area contributed by atoms with Crippen molar-refractivity contribution in [1.29, 1.82) is 0 Å². The minimum absolute atomic E-state index is 0.912. The molecular weight excluding hydrogens is 208 g/mol. The largest absolute Gasteiger partial charge is 0.301 e. The molecule has 0 radical (unpaired) electrons. The SMILES string of the molecule is C1CCC(CCN2CCN3CCCC3C2)CC1. The molecule has 0 aromatic carbocycles. The summed E-state index contributed by atoms with van der Waals surface area (Å²) in [5.74, 6) is 1.06. The van der Waals surface area contributed by atoms with Gasteiger partial charge in [0.2, 0.25) is 0 Å². The minimum atomic E-state index is 0.912. The maximum Gasteiger partial charge on any atom is 0.0224 e. The lowest BCUT2D eigenvalue weighted by molar-refractivity contribution is 0.0975. The third-order valence-corrected chi connectivity index (χ3v) is 5.25. The van der Waals surface area contributed by atoms with Crippen LogP contribution < -0.4 is 0 Å². The van der Waals surface area contributed by atoms with Crippen molar-refractivity contribution >= 4 is 0 Å². The fourth-order valence-corrected chi connectivity index (χ4v) is 4.10.